The van der Waals surface area contributed by atoms with E-state index in [2.05, 4.69) is 41.4 Å². The van der Waals surface area contributed by atoms with E-state index in [1.165, 1.54) is 22.8 Å². The minimum absolute atomic E-state index is 0.248. The van der Waals surface area contributed by atoms with Gasteiger partial charge in [0.15, 0.2) is 0 Å². The first-order valence-electron chi connectivity index (χ1n) is 7.27. The van der Waals surface area contributed by atoms with Gasteiger partial charge in [-0.05, 0) is 36.3 Å². The number of aromatic nitrogens is 1. The number of hydrogen-bond acceptors (Lipinski definition) is 2. The molecule has 3 heterocycles. The highest BCUT2D eigenvalue weighted by Crippen LogP contribution is 2.38. The van der Waals surface area contributed by atoms with Crippen molar-refractivity contribution in [2.75, 3.05) is 0 Å². The van der Waals surface area contributed by atoms with E-state index >= 15 is 0 Å². The Morgan fingerprint density at radius 3 is 2.95 bits per heavy atom. The van der Waals surface area contributed by atoms with Gasteiger partial charge in [0, 0.05) is 27.6 Å². The van der Waals surface area contributed by atoms with E-state index in [1.54, 1.807) is 0 Å². The van der Waals surface area contributed by atoms with Gasteiger partial charge in [-0.1, -0.05) is 36.8 Å². The van der Waals surface area contributed by atoms with E-state index in [0.717, 1.165) is 25.0 Å². The van der Waals surface area contributed by atoms with Crippen molar-refractivity contribution >= 4 is 27.1 Å². The zero-order valence-electron chi connectivity index (χ0n) is 11.3. The molecule has 3 unspecified atom stereocenters. The highest BCUT2D eigenvalue weighted by molar-refractivity contribution is 7.86. The van der Waals surface area contributed by atoms with Crippen LogP contribution in [0.3, 0.4) is 0 Å². The second kappa shape index (κ2) is 4.81. The average molecular weight is 283 g/mol. The third-order valence-electron chi connectivity index (χ3n) is 4.45. The maximum atomic E-state index is 12.3. The number of hydrogen-bond donors (Lipinski definition) is 0. The molecule has 2 bridgehead atoms. The first kappa shape index (κ1) is 12.3. The monoisotopic (exact) mass is 283 g/mol. The predicted molar refractivity (Wildman–Crippen MR) is 83.9 cm³/mol. The Balaban J connectivity index is 1.86. The summed E-state index contributed by atoms with van der Waals surface area (Å²) in [5.41, 5.74) is 2.40. The predicted octanol–water partition coefficient (Wildman–Crippen LogP) is 3.69. The molecule has 1 aromatic heterocycles. The molecule has 2 aliphatic rings. The van der Waals surface area contributed by atoms with Gasteiger partial charge in [-0.15, -0.1) is 0 Å². The van der Waals surface area contributed by atoms with Crippen molar-refractivity contribution in [2.24, 2.45) is 0 Å². The van der Waals surface area contributed by atoms with Crippen LogP contribution in [0.2, 0.25) is 0 Å². The van der Waals surface area contributed by atoms with E-state index in [4.69, 9.17) is 0 Å². The smallest absolute Gasteiger partial charge is 0.0737 e. The Hall–Kier alpha value is -1.48. The number of allylic oxidation sites excluding steroid dienone is 1. The highest BCUT2D eigenvalue weighted by Gasteiger charge is 2.34. The van der Waals surface area contributed by atoms with Crippen molar-refractivity contribution in [1.29, 1.82) is 0 Å². The molecule has 1 fully saturated rings. The second-order valence-electron chi connectivity index (χ2n) is 5.70. The molecule has 4 rings (SSSR count). The summed E-state index contributed by atoms with van der Waals surface area (Å²) in [6.07, 6.45) is 8.43. The summed E-state index contributed by atoms with van der Waals surface area (Å²) in [7, 11) is -0.668. The van der Waals surface area contributed by atoms with E-state index in [1.807, 2.05) is 6.20 Å². The number of fused-ring (bicyclic) bond motifs is 3. The highest BCUT2D eigenvalue weighted by atomic mass is 32.2. The molecule has 2 aromatic rings. The Morgan fingerprint density at radius 1 is 1.15 bits per heavy atom. The Kier molecular flexibility index (Phi) is 2.95. The van der Waals surface area contributed by atoms with Crippen LogP contribution in [-0.2, 0) is 10.8 Å². The van der Waals surface area contributed by atoms with Crippen LogP contribution >= 0.6 is 0 Å². The van der Waals surface area contributed by atoms with E-state index in [-0.39, 0.29) is 5.25 Å². The second-order valence-corrected chi connectivity index (χ2v) is 7.63. The van der Waals surface area contributed by atoms with Crippen LogP contribution in [0.4, 0.5) is 0 Å². The normalized spacial score (nSPS) is 29.2. The Labute approximate surface area is 121 Å². The van der Waals surface area contributed by atoms with Crippen LogP contribution in [0, 0.1) is 0 Å². The maximum Gasteiger partial charge on any atom is 0.0737 e. The van der Waals surface area contributed by atoms with Crippen LogP contribution in [-0.4, -0.2) is 19.7 Å². The fraction of sp³-hybridized carbons (Fsp3) is 0.353. The molecule has 20 heavy (non-hydrogen) atoms. The average Bonchev–Trinajstić information content (AvgIpc) is 2.46. The topological polar surface area (TPSA) is 30.0 Å². The minimum atomic E-state index is -0.668. The SMILES string of the molecule is O=S1C2C=C(c3nccc4ccccc34)CC1CCC2. The lowest BCUT2D eigenvalue weighted by Gasteiger charge is -2.32. The third kappa shape index (κ3) is 1.92. The van der Waals surface area contributed by atoms with Crippen LogP contribution in [0.5, 0.6) is 0 Å². The van der Waals surface area contributed by atoms with Crippen molar-refractivity contribution in [2.45, 2.75) is 36.2 Å². The quantitative estimate of drug-likeness (QED) is 0.799. The molecule has 0 aliphatic carbocycles. The zero-order chi connectivity index (χ0) is 13.5. The van der Waals surface area contributed by atoms with Crippen molar-refractivity contribution < 1.29 is 4.21 Å². The first-order valence-corrected chi connectivity index (χ1v) is 8.55. The molecule has 2 nitrogen and oxygen atoms in total. The summed E-state index contributed by atoms with van der Waals surface area (Å²) < 4.78 is 12.3. The molecule has 3 heteroatoms. The van der Waals surface area contributed by atoms with E-state index in [0.29, 0.717) is 5.25 Å². The summed E-state index contributed by atoms with van der Waals surface area (Å²) in [6, 6.07) is 10.4. The lowest BCUT2D eigenvalue weighted by molar-refractivity contribution is 0.579. The molecule has 1 aromatic carbocycles. The number of rotatable bonds is 1. The van der Waals surface area contributed by atoms with Crippen LogP contribution in [0.25, 0.3) is 16.3 Å². The van der Waals surface area contributed by atoms with Gasteiger partial charge in [0.1, 0.15) is 0 Å². The van der Waals surface area contributed by atoms with Gasteiger partial charge in [-0.2, -0.15) is 0 Å². The molecule has 0 amide bonds. The summed E-state index contributed by atoms with van der Waals surface area (Å²) in [5.74, 6) is 0. The van der Waals surface area contributed by atoms with Gasteiger partial charge in [0.2, 0.25) is 0 Å². The molecular formula is C17H17NOS. The zero-order valence-corrected chi connectivity index (χ0v) is 12.1. The van der Waals surface area contributed by atoms with Crippen molar-refractivity contribution in [3.63, 3.8) is 0 Å². The lowest BCUT2D eigenvalue weighted by atomic mass is 9.94. The summed E-state index contributed by atoms with van der Waals surface area (Å²) >= 11 is 0. The third-order valence-corrected chi connectivity index (χ3v) is 6.48. The molecule has 0 saturated carbocycles. The van der Waals surface area contributed by atoms with Crippen molar-refractivity contribution in [3.8, 4) is 0 Å². The maximum absolute atomic E-state index is 12.3. The van der Waals surface area contributed by atoms with Gasteiger partial charge in [-0.25, -0.2) is 0 Å². The fourth-order valence-corrected chi connectivity index (χ4v) is 5.38. The van der Waals surface area contributed by atoms with Gasteiger partial charge in [-0.3, -0.25) is 9.19 Å². The molecule has 2 aliphatic heterocycles. The largest absolute Gasteiger partial charge is 0.259 e. The summed E-state index contributed by atoms with van der Waals surface area (Å²) in [4.78, 5) is 4.62. The standard InChI is InChI=1S/C17H17NOS/c19-20-14-5-3-6-15(20)11-13(10-14)17-16-7-2-1-4-12(16)8-9-18-17/h1-2,4,7-10,14-15H,3,5-6,11H2. The van der Waals surface area contributed by atoms with Gasteiger partial charge >= 0.3 is 0 Å². The van der Waals surface area contributed by atoms with E-state index in [9.17, 15) is 4.21 Å². The molecule has 1 saturated heterocycles. The van der Waals surface area contributed by atoms with Crippen LogP contribution < -0.4 is 0 Å². The van der Waals surface area contributed by atoms with Gasteiger partial charge in [0.05, 0.1) is 10.9 Å². The lowest BCUT2D eigenvalue weighted by Crippen LogP contribution is -2.33. The Morgan fingerprint density at radius 2 is 2.05 bits per heavy atom. The molecule has 102 valence electrons. The van der Waals surface area contributed by atoms with Crippen molar-refractivity contribution in [3.05, 3.63) is 48.3 Å². The molecule has 0 spiro atoms. The van der Waals surface area contributed by atoms with Gasteiger partial charge < -0.3 is 0 Å². The van der Waals surface area contributed by atoms with Crippen LogP contribution in [0.1, 0.15) is 31.4 Å². The molecular weight excluding hydrogens is 266 g/mol. The minimum Gasteiger partial charge on any atom is -0.259 e. The van der Waals surface area contributed by atoms with Gasteiger partial charge in [0.25, 0.3) is 0 Å². The fourth-order valence-electron chi connectivity index (χ4n) is 3.45. The number of nitrogens with zero attached hydrogens (tertiary/aromatic N) is 1. The number of pyridine rings is 1. The molecule has 0 N–H and O–H groups in total. The first-order chi connectivity index (χ1) is 9.83. The van der Waals surface area contributed by atoms with Crippen LogP contribution in [0.15, 0.2) is 42.6 Å². The molecule has 3 atom stereocenters. The number of benzene rings is 1. The Bertz CT molecular complexity index is 717. The summed E-state index contributed by atoms with van der Waals surface area (Å²) in [5, 5.41) is 3.04. The summed E-state index contributed by atoms with van der Waals surface area (Å²) in [6.45, 7) is 0. The van der Waals surface area contributed by atoms with E-state index < -0.39 is 10.8 Å². The van der Waals surface area contributed by atoms with Crippen molar-refractivity contribution in [1.82, 2.24) is 4.98 Å². The molecule has 0 radical (unpaired) electrons.